The van der Waals surface area contributed by atoms with Crippen LogP contribution in [0.1, 0.15) is 43.5 Å². The van der Waals surface area contributed by atoms with Crippen molar-refractivity contribution in [2.45, 2.75) is 39.2 Å². The highest BCUT2D eigenvalue weighted by atomic mass is 79.9. The number of hydrogen-bond donors (Lipinski definition) is 1. The Kier molecular flexibility index (Phi) is 7.43. The quantitative estimate of drug-likeness (QED) is 0.431. The van der Waals surface area contributed by atoms with E-state index in [1.165, 1.54) is 5.56 Å². The molecule has 0 saturated carbocycles. The van der Waals surface area contributed by atoms with Crippen LogP contribution in [0.5, 0.6) is 0 Å². The zero-order valence-electron chi connectivity index (χ0n) is 15.3. The molecule has 0 fully saturated rings. The van der Waals surface area contributed by atoms with Crippen LogP contribution < -0.4 is 5.32 Å². The molecule has 0 radical (unpaired) electrons. The number of aryl methyl sites for hydroxylation is 1. The molecule has 0 atom stereocenters. The third kappa shape index (κ3) is 6.16. The molecule has 2 aromatic rings. The number of halogens is 1. The predicted octanol–water partition coefficient (Wildman–Crippen LogP) is 3.60. The molecule has 136 valence electrons. The van der Waals surface area contributed by atoms with E-state index >= 15 is 0 Å². The third-order valence-corrected chi connectivity index (χ3v) is 4.29. The number of benzene rings is 1. The molecule has 0 aliphatic heterocycles. The smallest absolute Gasteiger partial charge is 0.226 e. The molecule has 0 unspecified atom stereocenters. The molecule has 0 amide bonds. The highest BCUT2D eigenvalue weighted by molar-refractivity contribution is 9.10. The fourth-order valence-corrected chi connectivity index (χ4v) is 2.63. The van der Waals surface area contributed by atoms with E-state index in [9.17, 15) is 0 Å². The topological polar surface area (TPSA) is 66.5 Å². The minimum Gasteiger partial charge on any atom is -0.356 e. The Labute approximate surface area is 157 Å². The number of aliphatic imine (C=N–C) groups is 1. The van der Waals surface area contributed by atoms with Crippen molar-refractivity contribution < 1.29 is 4.52 Å². The molecule has 1 N–H and O–H groups in total. The van der Waals surface area contributed by atoms with Crippen molar-refractivity contribution >= 4 is 21.9 Å². The predicted molar refractivity (Wildman–Crippen MR) is 104 cm³/mol. The van der Waals surface area contributed by atoms with Gasteiger partial charge in [-0.2, -0.15) is 4.98 Å². The van der Waals surface area contributed by atoms with Crippen molar-refractivity contribution in [2.75, 3.05) is 20.6 Å². The molecule has 1 heterocycles. The Morgan fingerprint density at radius 3 is 2.64 bits per heavy atom. The molecule has 7 heteroatoms. The van der Waals surface area contributed by atoms with Gasteiger partial charge in [-0.3, -0.25) is 4.99 Å². The molecule has 25 heavy (non-hydrogen) atoms. The first-order valence-corrected chi connectivity index (χ1v) is 9.27. The molecule has 1 aromatic heterocycles. The van der Waals surface area contributed by atoms with Crippen LogP contribution in [0.2, 0.25) is 0 Å². The van der Waals surface area contributed by atoms with Crippen LogP contribution in [0, 0.1) is 0 Å². The first-order chi connectivity index (χ1) is 12.0. The molecule has 0 spiro atoms. The van der Waals surface area contributed by atoms with E-state index in [2.05, 4.69) is 79.4 Å². The fraction of sp³-hybridized carbons (Fsp3) is 0.500. The van der Waals surface area contributed by atoms with E-state index in [0.717, 1.165) is 42.2 Å². The van der Waals surface area contributed by atoms with Gasteiger partial charge in [-0.25, -0.2) is 0 Å². The van der Waals surface area contributed by atoms with Crippen LogP contribution in [0.4, 0.5) is 0 Å². The van der Waals surface area contributed by atoms with Gasteiger partial charge in [0.25, 0.3) is 0 Å². The number of rotatable bonds is 7. The molecule has 1 aromatic carbocycles. The lowest BCUT2D eigenvalue weighted by Crippen LogP contribution is -2.39. The summed E-state index contributed by atoms with van der Waals surface area (Å²) >= 11 is 3.46. The molecule has 6 nitrogen and oxygen atoms in total. The van der Waals surface area contributed by atoms with Crippen molar-refractivity contribution in [1.82, 2.24) is 20.4 Å². The first-order valence-electron chi connectivity index (χ1n) is 8.48. The number of guanidine groups is 1. The minimum atomic E-state index is 0.293. The average molecular weight is 408 g/mol. The highest BCUT2D eigenvalue weighted by Crippen LogP contribution is 2.12. The van der Waals surface area contributed by atoms with Crippen molar-refractivity contribution in [1.29, 1.82) is 0 Å². The van der Waals surface area contributed by atoms with Crippen LogP contribution in [-0.2, 0) is 13.0 Å². The monoisotopic (exact) mass is 407 g/mol. The summed E-state index contributed by atoms with van der Waals surface area (Å²) < 4.78 is 6.35. The summed E-state index contributed by atoms with van der Waals surface area (Å²) in [6.07, 6.45) is 1.67. The van der Waals surface area contributed by atoms with Gasteiger partial charge >= 0.3 is 0 Å². The summed E-state index contributed by atoms with van der Waals surface area (Å²) in [5, 5.41) is 7.36. The maximum Gasteiger partial charge on any atom is 0.226 e. The number of nitrogens with one attached hydrogen (secondary N) is 1. The maximum atomic E-state index is 5.26. The second-order valence-corrected chi connectivity index (χ2v) is 7.18. The van der Waals surface area contributed by atoms with Crippen LogP contribution in [0.3, 0.4) is 0 Å². The van der Waals surface area contributed by atoms with Gasteiger partial charge in [0.2, 0.25) is 5.89 Å². The summed E-state index contributed by atoms with van der Waals surface area (Å²) in [4.78, 5) is 10.8. The van der Waals surface area contributed by atoms with Gasteiger partial charge in [-0.15, -0.1) is 0 Å². The zero-order chi connectivity index (χ0) is 18.2. The lowest BCUT2D eigenvalue weighted by Gasteiger charge is -2.22. The van der Waals surface area contributed by atoms with E-state index in [-0.39, 0.29) is 0 Å². The van der Waals surface area contributed by atoms with Gasteiger partial charge in [-0.1, -0.05) is 47.1 Å². The van der Waals surface area contributed by atoms with Crippen molar-refractivity contribution in [2.24, 2.45) is 4.99 Å². The molecular weight excluding hydrogens is 382 g/mol. The first kappa shape index (κ1) is 19.4. The van der Waals surface area contributed by atoms with Crippen LogP contribution in [0.15, 0.2) is 38.3 Å². The normalized spacial score (nSPS) is 11.8. The minimum absolute atomic E-state index is 0.293. The van der Waals surface area contributed by atoms with Gasteiger partial charge in [0.05, 0.1) is 0 Å². The van der Waals surface area contributed by atoms with Crippen LogP contribution >= 0.6 is 15.9 Å². The summed E-state index contributed by atoms with van der Waals surface area (Å²) in [5.41, 5.74) is 1.24. The summed E-state index contributed by atoms with van der Waals surface area (Å²) in [6, 6.07) is 8.32. The van der Waals surface area contributed by atoms with E-state index < -0.39 is 0 Å². The molecule has 0 aliphatic carbocycles. The zero-order valence-corrected chi connectivity index (χ0v) is 16.9. The third-order valence-electron chi connectivity index (χ3n) is 3.76. The molecule has 0 aliphatic rings. The summed E-state index contributed by atoms with van der Waals surface area (Å²) in [7, 11) is 3.83. The van der Waals surface area contributed by atoms with E-state index in [1.807, 2.05) is 7.05 Å². The Hall–Kier alpha value is -1.89. The Balaban J connectivity index is 1.76. The van der Waals surface area contributed by atoms with Gasteiger partial charge < -0.3 is 14.7 Å². The fourth-order valence-electron chi connectivity index (χ4n) is 2.37. The second kappa shape index (κ2) is 9.56. The van der Waals surface area contributed by atoms with E-state index in [1.54, 1.807) is 7.05 Å². The second-order valence-electron chi connectivity index (χ2n) is 6.26. The standard InChI is InChI=1S/C18H26BrN5O/c1-13(2)17-22-16(25-23-17)6-5-11-21-18(20-3)24(4)12-14-7-9-15(19)10-8-14/h7-10,13H,5-6,11-12H2,1-4H3,(H,20,21). The molecule has 2 rings (SSSR count). The largest absolute Gasteiger partial charge is 0.356 e. The van der Waals surface area contributed by atoms with E-state index in [4.69, 9.17) is 4.52 Å². The van der Waals surface area contributed by atoms with Gasteiger partial charge in [0, 0.05) is 44.0 Å². The van der Waals surface area contributed by atoms with Gasteiger partial charge in [-0.05, 0) is 24.1 Å². The number of aromatic nitrogens is 2. The van der Waals surface area contributed by atoms with Crippen LogP contribution in [-0.4, -0.2) is 41.6 Å². The van der Waals surface area contributed by atoms with Crippen molar-refractivity contribution in [3.8, 4) is 0 Å². The average Bonchev–Trinajstić information content (AvgIpc) is 3.06. The molecule has 0 bridgehead atoms. The van der Waals surface area contributed by atoms with Gasteiger partial charge in [0.15, 0.2) is 11.8 Å². The Morgan fingerprint density at radius 2 is 2.04 bits per heavy atom. The Bertz CT molecular complexity index is 681. The van der Waals surface area contributed by atoms with E-state index in [0.29, 0.717) is 11.8 Å². The lowest BCUT2D eigenvalue weighted by atomic mass is 10.2. The highest BCUT2D eigenvalue weighted by Gasteiger charge is 2.10. The number of nitrogens with zero attached hydrogens (tertiary/aromatic N) is 4. The SMILES string of the molecule is CN=C(NCCCc1nc(C(C)C)no1)N(C)Cc1ccc(Br)cc1. The maximum absolute atomic E-state index is 5.26. The van der Waals surface area contributed by atoms with Crippen molar-refractivity contribution in [3.05, 3.63) is 46.0 Å². The van der Waals surface area contributed by atoms with Crippen molar-refractivity contribution in [3.63, 3.8) is 0 Å². The molecular formula is C18H26BrN5O. The molecule has 0 saturated heterocycles. The Morgan fingerprint density at radius 1 is 1.32 bits per heavy atom. The summed E-state index contributed by atoms with van der Waals surface area (Å²) in [6.45, 7) is 5.72. The lowest BCUT2D eigenvalue weighted by molar-refractivity contribution is 0.368. The number of hydrogen-bond acceptors (Lipinski definition) is 4. The van der Waals surface area contributed by atoms with Gasteiger partial charge in [0.1, 0.15) is 0 Å². The summed E-state index contributed by atoms with van der Waals surface area (Å²) in [5.74, 6) is 2.63. The van der Waals surface area contributed by atoms with Crippen LogP contribution in [0.25, 0.3) is 0 Å².